The molecule has 1 aromatic rings. The van der Waals surface area contributed by atoms with Gasteiger partial charge < -0.3 is 10.1 Å². The zero-order valence-corrected chi connectivity index (χ0v) is 12.4. The van der Waals surface area contributed by atoms with Gasteiger partial charge in [-0.15, -0.1) is 0 Å². The van der Waals surface area contributed by atoms with E-state index in [1.54, 1.807) is 0 Å². The number of nitrogens with one attached hydrogen (secondary N) is 1. The highest BCUT2D eigenvalue weighted by Crippen LogP contribution is 2.19. The molecule has 2 nitrogen and oxygen atoms in total. The van der Waals surface area contributed by atoms with E-state index in [1.165, 1.54) is 11.1 Å². The minimum absolute atomic E-state index is 0.531. The largest absolute Gasteiger partial charge is 0.493 e. The van der Waals surface area contributed by atoms with E-state index < -0.39 is 0 Å². The Morgan fingerprint density at radius 1 is 1.11 bits per heavy atom. The highest BCUT2D eigenvalue weighted by Gasteiger charge is 2.05. The van der Waals surface area contributed by atoms with Crippen molar-refractivity contribution in [2.75, 3.05) is 19.7 Å². The molecule has 102 valence electrons. The lowest BCUT2D eigenvalue weighted by Gasteiger charge is -2.16. The van der Waals surface area contributed by atoms with Crippen molar-refractivity contribution in [2.24, 2.45) is 11.8 Å². The number of hydrogen-bond donors (Lipinski definition) is 1. The third-order valence-electron chi connectivity index (χ3n) is 2.91. The molecule has 1 unspecified atom stereocenters. The van der Waals surface area contributed by atoms with Gasteiger partial charge in [-0.3, -0.25) is 0 Å². The molecule has 1 atom stereocenters. The van der Waals surface area contributed by atoms with Crippen LogP contribution in [0, 0.1) is 25.7 Å². The maximum atomic E-state index is 5.90. The highest BCUT2D eigenvalue weighted by atomic mass is 16.5. The van der Waals surface area contributed by atoms with Crippen LogP contribution >= 0.6 is 0 Å². The average Bonchev–Trinajstić information content (AvgIpc) is 2.30. The average molecular weight is 249 g/mol. The molecule has 0 spiro atoms. The summed E-state index contributed by atoms with van der Waals surface area (Å²) in [5.41, 5.74) is 2.46. The van der Waals surface area contributed by atoms with Crippen molar-refractivity contribution in [1.82, 2.24) is 5.32 Å². The maximum Gasteiger partial charge on any atom is 0.122 e. The predicted octanol–water partition coefficient (Wildman–Crippen LogP) is 3.56. The van der Waals surface area contributed by atoms with Crippen molar-refractivity contribution in [3.63, 3.8) is 0 Å². The van der Waals surface area contributed by atoms with Gasteiger partial charge in [0.1, 0.15) is 5.75 Å². The van der Waals surface area contributed by atoms with Gasteiger partial charge in [-0.1, -0.05) is 32.9 Å². The minimum atomic E-state index is 0.531. The summed E-state index contributed by atoms with van der Waals surface area (Å²) in [5.74, 6) is 2.26. The summed E-state index contributed by atoms with van der Waals surface area (Å²) >= 11 is 0. The van der Waals surface area contributed by atoms with Crippen LogP contribution in [0.5, 0.6) is 5.75 Å². The molecule has 1 aromatic carbocycles. The standard InChI is InChI=1S/C16H27NO/c1-12(2)9-17-10-14(4)11-18-16-8-13(3)6-7-15(16)5/h6-8,12,14,17H,9-11H2,1-5H3. The maximum absolute atomic E-state index is 5.90. The summed E-state index contributed by atoms with van der Waals surface area (Å²) in [6, 6.07) is 6.35. The van der Waals surface area contributed by atoms with Crippen LogP contribution in [0.3, 0.4) is 0 Å². The van der Waals surface area contributed by atoms with Crippen LogP contribution in [0.2, 0.25) is 0 Å². The lowest BCUT2D eigenvalue weighted by molar-refractivity contribution is 0.253. The third-order valence-corrected chi connectivity index (χ3v) is 2.91. The molecule has 0 saturated carbocycles. The molecule has 0 fully saturated rings. The fourth-order valence-corrected chi connectivity index (χ4v) is 1.77. The van der Waals surface area contributed by atoms with Crippen molar-refractivity contribution in [2.45, 2.75) is 34.6 Å². The van der Waals surface area contributed by atoms with E-state index in [4.69, 9.17) is 4.74 Å². The smallest absolute Gasteiger partial charge is 0.122 e. The van der Waals surface area contributed by atoms with Gasteiger partial charge in [-0.25, -0.2) is 0 Å². The summed E-state index contributed by atoms with van der Waals surface area (Å²) in [7, 11) is 0. The lowest BCUT2D eigenvalue weighted by Crippen LogP contribution is -2.28. The first-order valence-corrected chi connectivity index (χ1v) is 6.89. The number of aryl methyl sites for hydroxylation is 2. The zero-order valence-electron chi connectivity index (χ0n) is 12.4. The third kappa shape index (κ3) is 5.54. The Bertz CT molecular complexity index is 360. The zero-order chi connectivity index (χ0) is 13.5. The van der Waals surface area contributed by atoms with Crippen molar-refractivity contribution in [3.8, 4) is 5.75 Å². The molecule has 1 rings (SSSR count). The summed E-state index contributed by atoms with van der Waals surface area (Å²) in [5, 5.41) is 3.47. The second-order valence-corrected chi connectivity index (χ2v) is 5.74. The van der Waals surface area contributed by atoms with Crippen LogP contribution in [0.25, 0.3) is 0 Å². The minimum Gasteiger partial charge on any atom is -0.493 e. The van der Waals surface area contributed by atoms with Crippen molar-refractivity contribution >= 4 is 0 Å². The van der Waals surface area contributed by atoms with E-state index >= 15 is 0 Å². The number of rotatable bonds is 7. The Balaban J connectivity index is 2.33. The van der Waals surface area contributed by atoms with Crippen LogP contribution in [0.4, 0.5) is 0 Å². The van der Waals surface area contributed by atoms with Crippen LogP contribution in [-0.2, 0) is 0 Å². The number of benzene rings is 1. The Morgan fingerprint density at radius 3 is 2.50 bits per heavy atom. The Kier molecular flexibility index (Phi) is 6.20. The van der Waals surface area contributed by atoms with Crippen molar-refractivity contribution in [1.29, 1.82) is 0 Å². The Hall–Kier alpha value is -1.02. The van der Waals surface area contributed by atoms with Gasteiger partial charge in [-0.2, -0.15) is 0 Å². The van der Waals surface area contributed by atoms with E-state index in [1.807, 2.05) is 0 Å². The second kappa shape index (κ2) is 7.42. The SMILES string of the molecule is Cc1ccc(C)c(OCC(C)CNCC(C)C)c1. The van der Waals surface area contributed by atoms with Gasteiger partial charge >= 0.3 is 0 Å². The fraction of sp³-hybridized carbons (Fsp3) is 0.625. The molecular weight excluding hydrogens is 222 g/mol. The van der Waals surface area contributed by atoms with Gasteiger partial charge in [0.2, 0.25) is 0 Å². The molecule has 0 saturated heterocycles. The molecule has 0 heterocycles. The lowest BCUT2D eigenvalue weighted by atomic mass is 10.1. The molecular formula is C16H27NO. The molecule has 1 N–H and O–H groups in total. The van der Waals surface area contributed by atoms with Crippen LogP contribution in [0.1, 0.15) is 31.9 Å². The molecule has 0 radical (unpaired) electrons. The van der Waals surface area contributed by atoms with Gasteiger partial charge in [0.25, 0.3) is 0 Å². The van der Waals surface area contributed by atoms with Gasteiger partial charge in [0.05, 0.1) is 6.61 Å². The Morgan fingerprint density at radius 2 is 1.83 bits per heavy atom. The molecule has 0 aliphatic heterocycles. The monoisotopic (exact) mass is 249 g/mol. The summed E-state index contributed by atoms with van der Waals surface area (Å²) < 4.78 is 5.90. The molecule has 18 heavy (non-hydrogen) atoms. The van der Waals surface area contributed by atoms with E-state index in [2.05, 4.69) is 58.1 Å². The predicted molar refractivity (Wildman–Crippen MR) is 78.3 cm³/mol. The van der Waals surface area contributed by atoms with E-state index in [0.29, 0.717) is 11.8 Å². The summed E-state index contributed by atoms with van der Waals surface area (Å²) in [4.78, 5) is 0. The van der Waals surface area contributed by atoms with E-state index in [-0.39, 0.29) is 0 Å². The number of ether oxygens (including phenoxy) is 1. The Labute approximate surface area is 112 Å². The molecule has 0 bridgehead atoms. The van der Waals surface area contributed by atoms with Crippen LogP contribution < -0.4 is 10.1 Å². The quantitative estimate of drug-likeness (QED) is 0.797. The van der Waals surface area contributed by atoms with Gasteiger partial charge in [0, 0.05) is 12.5 Å². The van der Waals surface area contributed by atoms with Crippen LogP contribution in [0.15, 0.2) is 18.2 Å². The van der Waals surface area contributed by atoms with E-state index in [0.717, 1.165) is 25.4 Å². The molecule has 0 aliphatic rings. The molecule has 2 heteroatoms. The molecule has 0 aliphatic carbocycles. The summed E-state index contributed by atoms with van der Waals surface area (Å²) in [6.07, 6.45) is 0. The second-order valence-electron chi connectivity index (χ2n) is 5.74. The van der Waals surface area contributed by atoms with Crippen LogP contribution in [-0.4, -0.2) is 19.7 Å². The fourth-order valence-electron chi connectivity index (χ4n) is 1.77. The first-order valence-electron chi connectivity index (χ1n) is 6.89. The topological polar surface area (TPSA) is 21.3 Å². The first-order chi connectivity index (χ1) is 8.49. The molecule has 0 amide bonds. The van der Waals surface area contributed by atoms with Crippen molar-refractivity contribution in [3.05, 3.63) is 29.3 Å². The highest BCUT2D eigenvalue weighted by molar-refractivity contribution is 5.35. The normalized spacial score (nSPS) is 12.8. The van der Waals surface area contributed by atoms with Gasteiger partial charge in [-0.05, 0) is 43.5 Å². The number of hydrogen-bond acceptors (Lipinski definition) is 2. The summed E-state index contributed by atoms with van der Waals surface area (Å²) in [6.45, 7) is 13.7. The van der Waals surface area contributed by atoms with Crippen molar-refractivity contribution < 1.29 is 4.74 Å². The van der Waals surface area contributed by atoms with Gasteiger partial charge in [0.15, 0.2) is 0 Å². The van der Waals surface area contributed by atoms with E-state index in [9.17, 15) is 0 Å². The first kappa shape index (κ1) is 15.0. The molecule has 0 aromatic heterocycles.